The first-order valence-corrected chi connectivity index (χ1v) is 4.56. The molecule has 1 aliphatic carbocycles. The lowest BCUT2D eigenvalue weighted by Crippen LogP contribution is -2.15. The van der Waals surface area contributed by atoms with E-state index < -0.39 is 11.8 Å². The van der Waals surface area contributed by atoms with Gasteiger partial charge in [-0.05, 0) is 31.3 Å². The van der Waals surface area contributed by atoms with Gasteiger partial charge in [0, 0.05) is 6.92 Å². The third kappa shape index (κ3) is 3.40. The lowest BCUT2D eigenvalue weighted by Gasteiger charge is -2.11. The number of hydrogen-bond donors (Lipinski definition) is 0. The van der Waals surface area contributed by atoms with Gasteiger partial charge in [0.1, 0.15) is 6.61 Å². The zero-order chi connectivity index (χ0) is 9.68. The third-order valence-corrected chi connectivity index (χ3v) is 2.06. The molecule has 0 spiro atoms. The highest BCUT2D eigenvalue weighted by atomic mass is 16.5. The Labute approximate surface area is 77.8 Å². The van der Waals surface area contributed by atoms with Gasteiger partial charge in [0.2, 0.25) is 5.78 Å². The maximum atomic E-state index is 10.8. The van der Waals surface area contributed by atoms with E-state index in [9.17, 15) is 9.59 Å². The topological polar surface area (TPSA) is 43.4 Å². The molecule has 0 N–H and O–H groups in total. The minimum Gasteiger partial charge on any atom is -0.455 e. The molecular formula is C10H14O3. The second kappa shape index (κ2) is 4.80. The fourth-order valence-electron chi connectivity index (χ4n) is 1.30. The van der Waals surface area contributed by atoms with E-state index in [2.05, 4.69) is 6.08 Å². The maximum Gasteiger partial charge on any atom is 0.374 e. The van der Waals surface area contributed by atoms with Crippen molar-refractivity contribution in [2.24, 2.45) is 0 Å². The summed E-state index contributed by atoms with van der Waals surface area (Å²) < 4.78 is 4.79. The molecule has 0 heterocycles. The fourth-order valence-corrected chi connectivity index (χ4v) is 1.30. The molecule has 3 nitrogen and oxygen atoms in total. The number of Topliss-reactive ketones (excluding diaryl/α,β-unsaturated/α-hetero) is 1. The Morgan fingerprint density at radius 3 is 2.77 bits per heavy atom. The van der Waals surface area contributed by atoms with Crippen molar-refractivity contribution in [1.82, 2.24) is 0 Å². The van der Waals surface area contributed by atoms with Gasteiger partial charge in [-0.25, -0.2) is 4.79 Å². The Balaban J connectivity index is 2.29. The Morgan fingerprint density at radius 1 is 1.46 bits per heavy atom. The van der Waals surface area contributed by atoms with Crippen LogP contribution in [0.3, 0.4) is 0 Å². The van der Waals surface area contributed by atoms with Gasteiger partial charge < -0.3 is 4.74 Å². The van der Waals surface area contributed by atoms with Crippen molar-refractivity contribution < 1.29 is 14.3 Å². The van der Waals surface area contributed by atoms with Crippen molar-refractivity contribution in [1.29, 1.82) is 0 Å². The Morgan fingerprint density at radius 2 is 2.23 bits per heavy atom. The van der Waals surface area contributed by atoms with Crippen LogP contribution in [0.4, 0.5) is 0 Å². The predicted molar refractivity (Wildman–Crippen MR) is 48.2 cm³/mol. The van der Waals surface area contributed by atoms with E-state index in [1.807, 2.05) is 0 Å². The van der Waals surface area contributed by atoms with E-state index in [1.54, 1.807) is 0 Å². The first kappa shape index (κ1) is 9.96. The van der Waals surface area contributed by atoms with Crippen molar-refractivity contribution in [3.63, 3.8) is 0 Å². The lowest BCUT2D eigenvalue weighted by atomic mass is 10.0. The number of rotatable bonds is 3. The molecule has 0 saturated carbocycles. The Bertz CT molecular complexity index is 241. The fraction of sp³-hybridized carbons (Fsp3) is 0.600. The van der Waals surface area contributed by atoms with Crippen LogP contribution in [0.25, 0.3) is 0 Å². The number of esters is 1. The van der Waals surface area contributed by atoms with Gasteiger partial charge in [-0.15, -0.1) is 0 Å². The molecule has 0 amide bonds. The third-order valence-electron chi connectivity index (χ3n) is 2.06. The van der Waals surface area contributed by atoms with Crippen LogP contribution in [-0.2, 0) is 14.3 Å². The number of allylic oxidation sites excluding steroid dienone is 1. The lowest BCUT2D eigenvalue weighted by molar-refractivity contribution is -0.152. The van der Waals surface area contributed by atoms with E-state index in [0.717, 1.165) is 24.8 Å². The van der Waals surface area contributed by atoms with E-state index in [0.29, 0.717) is 6.61 Å². The zero-order valence-corrected chi connectivity index (χ0v) is 7.84. The zero-order valence-electron chi connectivity index (χ0n) is 7.84. The van der Waals surface area contributed by atoms with Crippen molar-refractivity contribution in [2.45, 2.75) is 32.6 Å². The molecule has 0 unspecified atom stereocenters. The molecule has 0 aromatic carbocycles. The SMILES string of the molecule is CC(=O)C(=O)OCC1=CCCCC1. The van der Waals surface area contributed by atoms with Gasteiger partial charge in [-0.1, -0.05) is 6.08 Å². The minimum atomic E-state index is -0.730. The molecule has 1 rings (SSSR count). The van der Waals surface area contributed by atoms with Crippen LogP contribution in [0, 0.1) is 0 Å². The molecule has 0 fully saturated rings. The highest BCUT2D eigenvalue weighted by Crippen LogP contribution is 2.17. The molecule has 1 aliphatic rings. The summed E-state index contributed by atoms with van der Waals surface area (Å²) in [5, 5.41) is 0. The largest absolute Gasteiger partial charge is 0.455 e. The summed E-state index contributed by atoms with van der Waals surface area (Å²) >= 11 is 0. The molecule has 0 bridgehead atoms. The first-order chi connectivity index (χ1) is 6.20. The van der Waals surface area contributed by atoms with Crippen LogP contribution in [0.5, 0.6) is 0 Å². The van der Waals surface area contributed by atoms with Gasteiger partial charge >= 0.3 is 5.97 Å². The quantitative estimate of drug-likeness (QED) is 0.378. The van der Waals surface area contributed by atoms with Gasteiger partial charge in [0.15, 0.2) is 0 Å². The van der Waals surface area contributed by atoms with Gasteiger partial charge in [0.05, 0.1) is 0 Å². The van der Waals surface area contributed by atoms with Crippen LogP contribution < -0.4 is 0 Å². The summed E-state index contributed by atoms with van der Waals surface area (Å²) in [6, 6.07) is 0. The number of ketones is 1. The van der Waals surface area contributed by atoms with E-state index in [4.69, 9.17) is 4.74 Å². The van der Waals surface area contributed by atoms with Gasteiger partial charge in [0.25, 0.3) is 0 Å². The maximum absolute atomic E-state index is 10.8. The smallest absolute Gasteiger partial charge is 0.374 e. The highest BCUT2D eigenvalue weighted by Gasteiger charge is 2.10. The normalized spacial score (nSPS) is 16.2. The molecular weight excluding hydrogens is 168 g/mol. The summed E-state index contributed by atoms with van der Waals surface area (Å²) in [7, 11) is 0. The molecule has 0 aromatic heterocycles. The molecule has 0 radical (unpaired) electrons. The highest BCUT2D eigenvalue weighted by molar-refractivity contribution is 6.32. The molecule has 0 aliphatic heterocycles. The van der Waals surface area contributed by atoms with Gasteiger partial charge in [-0.3, -0.25) is 4.79 Å². The summed E-state index contributed by atoms with van der Waals surface area (Å²) in [6.07, 6.45) is 6.52. The average Bonchev–Trinajstić information content (AvgIpc) is 2.15. The van der Waals surface area contributed by atoms with E-state index in [1.165, 1.54) is 13.3 Å². The Hall–Kier alpha value is -1.12. The van der Waals surface area contributed by atoms with Crippen LogP contribution in [-0.4, -0.2) is 18.4 Å². The van der Waals surface area contributed by atoms with Crippen LogP contribution in [0.1, 0.15) is 32.6 Å². The molecule has 72 valence electrons. The average molecular weight is 182 g/mol. The van der Waals surface area contributed by atoms with Gasteiger partial charge in [-0.2, -0.15) is 0 Å². The monoisotopic (exact) mass is 182 g/mol. The molecule has 0 atom stereocenters. The second-order valence-corrected chi connectivity index (χ2v) is 3.24. The van der Waals surface area contributed by atoms with E-state index in [-0.39, 0.29) is 0 Å². The molecule has 0 aromatic rings. The van der Waals surface area contributed by atoms with Crippen LogP contribution in [0.2, 0.25) is 0 Å². The van der Waals surface area contributed by atoms with Crippen molar-refractivity contribution in [2.75, 3.05) is 6.61 Å². The van der Waals surface area contributed by atoms with Crippen LogP contribution >= 0.6 is 0 Å². The molecule has 3 heteroatoms. The van der Waals surface area contributed by atoms with Crippen molar-refractivity contribution in [3.8, 4) is 0 Å². The summed E-state index contributed by atoms with van der Waals surface area (Å²) in [4.78, 5) is 21.3. The summed E-state index contributed by atoms with van der Waals surface area (Å²) in [5.74, 6) is -1.26. The van der Waals surface area contributed by atoms with E-state index >= 15 is 0 Å². The predicted octanol–water partition coefficient (Wildman–Crippen LogP) is 1.62. The number of hydrogen-bond acceptors (Lipinski definition) is 3. The van der Waals surface area contributed by atoms with Crippen molar-refractivity contribution in [3.05, 3.63) is 11.6 Å². The standard InChI is InChI=1S/C10H14O3/c1-8(11)10(12)13-7-9-5-3-2-4-6-9/h5H,2-4,6-7H2,1H3. The number of carbonyl (C=O) groups is 2. The first-order valence-electron chi connectivity index (χ1n) is 4.56. The Kier molecular flexibility index (Phi) is 3.68. The minimum absolute atomic E-state index is 0.290. The number of ether oxygens (including phenoxy) is 1. The second-order valence-electron chi connectivity index (χ2n) is 3.24. The van der Waals surface area contributed by atoms with Crippen LogP contribution in [0.15, 0.2) is 11.6 Å². The molecule has 0 saturated heterocycles. The summed E-state index contributed by atoms with van der Waals surface area (Å²) in [5.41, 5.74) is 1.14. The van der Waals surface area contributed by atoms with Crippen molar-refractivity contribution >= 4 is 11.8 Å². The summed E-state index contributed by atoms with van der Waals surface area (Å²) in [6.45, 7) is 1.51. The molecule has 13 heavy (non-hydrogen) atoms. The number of carbonyl (C=O) groups excluding carboxylic acids is 2.